The topological polar surface area (TPSA) is 0 Å². The van der Waals surface area contributed by atoms with Gasteiger partial charge in [0.2, 0.25) is 0 Å². The molecule has 3 rings (SSSR count). The summed E-state index contributed by atoms with van der Waals surface area (Å²) in [5.41, 5.74) is 10.2. The molecule has 0 N–H and O–H groups in total. The molecule has 0 bridgehead atoms. The van der Waals surface area contributed by atoms with E-state index in [9.17, 15) is 4.39 Å². The van der Waals surface area contributed by atoms with E-state index in [1.165, 1.54) is 39.0 Å². The van der Waals surface area contributed by atoms with Crippen LogP contribution in [0.5, 0.6) is 0 Å². The second-order valence-electron chi connectivity index (χ2n) is 7.04. The predicted octanol–water partition coefficient (Wildman–Crippen LogP) is 6.21. The normalized spacial score (nSPS) is 18.1. The predicted molar refractivity (Wildman–Crippen MR) is 93.3 cm³/mol. The summed E-state index contributed by atoms with van der Waals surface area (Å²) >= 11 is 0. The van der Waals surface area contributed by atoms with Crippen LogP contribution in [-0.4, -0.2) is 0 Å². The van der Waals surface area contributed by atoms with E-state index in [0.717, 1.165) is 22.8 Å². The van der Waals surface area contributed by atoms with Gasteiger partial charge in [0.05, 0.1) is 0 Å². The number of aryl methyl sites for hydroxylation is 2. The maximum atomic E-state index is 14.9. The molecule has 116 valence electrons. The first-order chi connectivity index (χ1) is 10.3. The van der Waals surface area contributed by atoms with E-state index in [1.54, 1.807) is 6.07 Å². The zero-order chi connectivity index (χ0) is 16.3. The van der Waals surface area contributed by atoms with Gasteiger partial charge in [-0.05, 0) is 92.8 Å². The smallest absolute Gasteiger partial charge is 0.131 e. The van der Waals surface area contributed by atoms with Gasteiger partial charge in [-0.1, -0.05) is 18.1 Å². The van der Waals surface area contributed by atoms with Crippen LogP contribution < -0.4 is 0 Å². The van der Waals surface area contributed by atoms with Crippen LogP contribution in [-0.2, 0) is 6.42 Å². The minimum Gasteiger partial charge on any atom is -0.206 e. The minimum atomic E-state index is -0.0587. The Morgan fingerprint density at radius 2 is 1.41 bits per heavy atom. The number of fused-ring (bicyclic) bond motifs is 3. The largest absolute Gasteiger partial charge is 0.206 e. The van der Waals surface area contributed by atoms with Crippen molar-refractivity contribution in [2.75, 3.05) is 0 Å². The fourth-order valence-electron chi connectivity index (χ4n) is 4.01. The summed E-state index contributed by atoms with van der Waals surface area (Å²) in [4.78, 5) is 0. The van der Waals surface area contributed by atoms with Gasteiger partial charge in [-0.2, -0.15) is 0 Å². The molecule has 1 atom stereocenters. The van der Waals surface area contributed by atoms with E-state index < -0.39 is 0 Å². The van der Waals surface area contributed by atoms with Gasteiger partial charge < -0.3 is 0 Å². The third kappa shape index (κ3) is 1.87. The van der Waals surface area contributed by atoms with Crippen LogP contribution in [0, 0.1) is 33.5 Å². The first kappa shape index (κ1) is 15.3. The van der Waals surface area contributed by atoms with Gasteiger partial charge in [-0.3, -0.25) is 0 Å². The Hall–Kier alpha value is -1.63. The van der Waals surface area contributed by atoms with Crippen molar-refractivity contribution in [2.24, 2.45) is 0 Å². The molecule has 1 unspecified atom stereocenters. The first-order valence-corrected chi connectivity index (χ1v) is 8.13. The van der Waals surface area contributed by atoms with Gasteiger partial charge in [-0.25, -0.2) is 4.39 Å². The molecule has 0 nitrogen and oxygen atoms in total. The van der Waals surface area contributed by atoms with Crippen LogP contribution >= 0.6 is 0 Å². The van der Waals surface area contributed by atoms with Crippen molar-refractivity contribution < 1.29 is 4.39 Å². The van der Waals surface area contributed by atoms with E-state index in [0.29, 0.717) is 5.92 Å². The molecule has 2 aromatic rings. The van der Waals surface area contributed by atoms with Crippen LogP contribution in [0.25, 0.3) is 10.8 Å². The standard InChI is InChI=1S/C21H25F/c1-10-8-18-17(14(5)11(10)2)9-19(22)21-16(7)13(4)12(3)15(6)20(18)21/h9,14H,8H2,1-7H3. The highest BCUT2D eigenvalue weighted by molar-refractivity contribution is 5.95. The Morgan fingerprint density at radius 1 is 0.864 bits per heavy atom. The average Bonchev–Trinajstić information content (AvgIpc) is 2.48. The van der Waals surface area contributed by atoms with Crippen molar-refractivity contribution in [1.29, 1.82) is 0 Å². The van der Waals surface area contributed by atoms with Crippen LogP contribution in [0.15, 0.2) is 17.2 Å². The lowest BCUT2D eigenvalue weighted by Crippen LogP contribution is -2.13. The molecule has 0 spiro atoms. The summed E-state index contributed by atoms with van der Waals surface area (Å²) in [5, 5.41) is 1.99. The molecule has 22 heavy (non-hydrogen) atoms. The quantitative estimate of drug-likeness (QED) is 0.507. The average molecular weight is 296 g/mol. The molecule has 0 radical (unpaired) electrons. The van der Waals surface area contributed by atoms with Crippen LogP contribution in [0.2, 0.25) is 0 Å². The number of benzene rings is 2. The third-order valence-corrected chi connectivity index (χ3v) is 6.09. The molecule has 0 aliphatic heterocycles. The third-order valence-electron chi connectivity index (χ3n) is 6.09. The Labute approximate surface area is 133 Å². The molecule has 1 aliphatic rings. The first-order valence-electron chi connectivity index (χ1n) is 8.13. The lowest BCUT2D eigenvalue weighted by atomic mass is 9.76. The number of allylic oxidation sites excluding steroid dienone is 2. The molecule has 0 saturated heterocycles. The van der Waals surface area contributed by atoms with Crippen LogP contribution in [0.3, 0.4) is 0 Å². The second-order valence-corrected chi connectivity index (χ2v) is 7.04. The summed E-state index contributed by atoms with van der Waals surface area (Å²) in [6.07, 6.45) is 0.949. The highest BCUT2D eigenvalue weighted by atomic mass is 19.1. The fraction of sp³-hybridized carbons (Fsp3) is 0.429. The number of hydrogen-bond acceptors (Lipinski definition) is 0. The highest BCUT2D eigenvalue weighted by Gasteiger charge is 2.26. The van der Waals surface area contributed by atoms with Crippen molar-refractivity contribution >= 4 is 10.8 Å². The summed E-state index contributed by atoms with van der Waals surface area (Å²) in [6, 6.07) is 1.79. The highest BCUT2D eigenvalue weighted by Crippen LogP contribution is 2.42. The summed E-state index contributed by atoms with van der Waals surface area (Å²) < 4.78 is 14.9. The van der Waals surface area contributed by atoms with Crippen molar-refractivity contribution in [3.8, 4) is 0 Å². The van der Waals surface area contributed by atoms with Gasteiger partial charge in [0.15, 0.2) is 0 Å². The van der Waals surface area contributed by atoms with E-state index >= 15 is 0 Å². The molecular formula is C21H25F. The van der Waals surface area contributed by atoms with Crippen molar-refractivity contribution in [3.63, 3.8) is 0 Å². The maximum Gasteiger partial charge on any atom is 0.131 e. The van der Waals surface area contributed by atoms with Gasteiger partial charge in [0.25, 0.3) is 0 Å². The molecule has 1 heteroatoms. The SMILES string of the molecule is CC1=C(C)C(C)c2cc(F)c3c(C)c(C)c(C)c(C)c3c2C1. The molecule has 0 aromatic heterocycles. The molecule has 2 aromatic carbocycles. The zero-order valence-electron chi connectivity index (χ0n) is 14.7. The number of hydrogen-bond donors (Lipinski definition) is 0. The number of halogens is 1. The number of rotatable bonds is 0. The van der Waals surface area contributed by atoms with Crippen molar-refractivity contribution in [1.82, 2.24) is 0 Å². The van der Waals surface area contributed by atoms with Gasteiger partial charge in [0, 0.05) is 11.3 Å². The Kier molecular flexibility index (Phi) is 3.43. The Bertz CT molecular complexity index is 837. The zero-order valence-corrected chi connectivity index (χ0v) is 14.7. The summed E-state index contributed by atoms with van der Waals surface area (Å²) in [6.45, 7) is 15.1. The molecule has 0 amide bonds. The lowest BCUT2D eigenvalue weighted by Gasteiger charge is -2.29. The van der Waals surface area contributed by atoms with Gasteiger partial charge in [-0.15, -0.1) is 0 Å². The molecular weight excluding hydrogens is 271 g/mol. The summed E-state index contributed by atoms with van der Waals surface area (Å²) in [7, 11) is 0. The van der Waals surface area contributed by atoms with E-state index in [-0.39, 0.29) is 5.82 Å². The monoisotopic (exact) mass is 296 g/mol. The van der Waals surface area contributed by atoms with E-state index in [4.69, 9.17) is 0 Å². The molecule has 1 aliphatic carbocycles. The minimum absolute atomic E-state index is 0.0587. The lowest BCUT2D eigenvalue weighted by molar-refractivity contribution is 0.633. The molecule has 0 fully saturated rings. The van der Waals surface area contributed by atoms with E-state index in [1.807, 2.05) is 0 Å². The Morgan fingerprint density at radius 3 is 2.00 bits per heavy atom. The molecule has 0 heterocycles. The second kappa shape index (κ2) is 4.94. The van der Waals surface area contributed by atoms with E-state index in [2.05, 4.69) is 48.5 Å². The van der Waals surface area contributed by atoms with Crippen LogP contribution in [0.1, 0.15) is 60.1 Å². The maximum absolute atomic E-state index is 14.9. The van der Waals surface area contributed by atoms with Crippen molar-refractivity contribution in [3.05, 3.63) is 56.4 Å². The summed E-state index contributed by atoms with van der Waals surface area (Å²) in [5.74, 6) is 0.251. The van der Waals surface area contributed by atoms with Gasteiger partial charge >= 0.3 is 0 Å². The van der Waals surface area contributed by atoms with Crippen molar-refractivity contribution in [2.45, 2.75) is 60.8 Å². The Balaban J connectivity index is 2.52. The van der Waals surface area contributed by atoms with Crippen LogP contribution in [0.4, 0.5) is 4.39 Å². The molecule has 0 saturated carbocycles. The fourth-order valence-corrected chi connectivity index (χ4v) is 4.01. The van der Waals surface area contributed by atoms with Gasteiger partial charge in [0.1, 0.15) is 5.82 Å².